The van der Waals surface area contributed by atoms with Crippen molar-refractivity contribution in [1.29, 1.82) is 5.26 Å². The van der Waals surface area contributed by atoms with Crippen LogP contribution in [0.3, 0.4) is 0 Å². The molecule has 0 atom stereocenters. The SMILES string of the molecule is N#Cc1ccccc1OCCCCCCS(=O)(=O)Cl. The molecule has 0 fully saturated rings. The number of hydrogen-bond acceptors (Lipinski definition) is 4. The lowest BCUT2D eigenvalue weighted by Crippen LogP contribution is -2.00. The minimum Gasteiger partial charge on any atom is -0.492 e. The maximum absolute atomic E-state index is 10.7. The van der Waals surface area contributed by atoms with E-state index in [1.807, 2.05) is 6.07 Å². The van der Waals surface area contributed by atoms with Crippen LogP contribution in [0.5, 0.6) is 5.75 Å². The van der Waals surface area contributed by atoms with Crippen molar-refractivity contribution in [1.82, 2.24) is 0 Å². The second-order valence-electron chi connectivity index (χ2n) is 4.11. The normalized spacial score (nSPS) is 10.9. The van der Waals surface area contributed by atoms with E-state index in [9.17, 15) is 8.42 Å². The summed E-state index contributed by atoms with van der Waals surface area (Å²) in [4.78, 5) is 0. The fourth-order valence-electron chi connectivity index (χ4n) is 1.60. The number of unbranched alkanes of at least 4 members (excludes halogenated alkanes) is 3. The molecule has 0 radical (unpaired) electrons. The zero-order valence-corrected chi connectivity index (χ0v) is 12.1. The van der Waals surface area contributed by atoms with E-state index in [2.05, 4.69) is 6.07 Å². The minimum absolute atomic E-state index is 0.0205. The number of benzene rings is 1. The van der Waals surface area contributed by atoms with Gasteiger partial charge >= 0.3 is 0 Å². The summed E-state index contributed by atoms with van der Waals surface area (Å²) < 4.78 is 26.9. The first kappa shape index (κ1) is 15.8. The lowest BCUT2D eigenvalue weighted by atomic mass is 10.2. The molecule has 4 nitrogen and oxygen atoms in total. The Labute approximate surface area is 118 Å². The molecule has 0 bridgehead atoms. The molecule has 0 N–H and O–H groups in total. The molecule has 1 aromatic carbocycles. The predicted molar refractivity (Wildman–Crippen MR) is 74.8 cm³/mol. The molecule has 0 saturated carbocycles. The first-order chi connectivity index (χ1) is 9.03. The summed E-state index contributed by atoms with van der Waals surface area (Å²) in [5, 5.41) is 8.87. The summed E-state index contributed by atoms with van der Waals surface area (Å²) in [6.45, 7) is 0.520. The molecular formula is C13H16ClNO3S. The Kier molecular flexibility index (Phi) is 6.68. The Morgan fingerprint density at radius 1 is 1.16 bits per heavy atom. The van der Waals surface area contributed by atoms with E-state index in [4.69, 9.17) is 20.7 Å². The molecule has 0 aliphatic heterocycles. The van der Waals surface area contributed by atoms with Gasteiger partial charge in [-0.2, -0.15) is 5.26 Å². The third-order valence-corrected chi connectivity index (χ3v) is 3.79. The number of nitrogens with zero attached hydrogens (tertiary/aromatic N) is 1. The summed E-state index contributed by atoms with van der Waals surface area (Å²) in [5.74, 6) is 0.612. The topological polar surface area (TPSA) is 67.2 Å². The highest BCUT2D eigenvalue weighted by Crippen LogP contribution is 2.17. The highest BCUT2D eigenvalue weighted by Gasteiger charge is 2.04. The number of halogens is 1. The van der Waals surface area contributed by atoms with Crippen molar-refractivity contribution >= 4 is 19.7 Å². The van der Waals surface area contributed by atoms with Crippen molar-refractivity contribution in [3.8, 4) is 11.8 Å². The zero-order chi connectivity index (χ0) is 14.1. The van der Waals surface area contributed by atoms with Crippen LogP contribution in [0.15, 0.2) is 24.3 Å². The molecule has 0 amide bonds. The second kappa shape index (κ2) is 8.03. The maximum atomic E-state index is 10.7. The van der Waals surface area contributed by atoms with Crippen LogP contribution in [-0.2, 0) is 9.05 Å². The Morgan fingerprint density at radius 3 is 2.53 bits per heavy atom. The van der Waals surface area contributed by atoms with Crippen molar-refractivity contribution in [2.24, 2.45) is 0 Å². The average molecular weight is 302 g/mol. The van der Waals surface area contributed by atoms with Gasteiger partial charge in [-0.25, -0.2) is 8.42 Å². The van der Waals surface area contributed by atoms with Crippen LogP contribution < -0.4 is 4.74 Å². The van der Waals surface area contributed by atoms with Gasteiger partial charge in [-0.1, -0.05) is 25.0 Å². The van der Waals surface area contributed by atoms with Gasteiger partial charge in [0.25, 0.3) is 0 Å². The Hall–Kier alpha value is -1.25. The van der Waals surface area contributed by atoms with Crippen molar-refractivity contribution in [2.45, 2.75) is 25.7 Å². The van der Waals surface area contributed by atoms with Gasteiger partial charge in [-0.05, 0) is 25.0 Å². The highest BCUT2D eigenvalue weighted by atomic mass is 35.7. The number of hydrogen-bond donors (Lipinski definition) is 0. The molecule has 104 valence electrons. The Bertz CT molecular complexity index is 537. The number of ether oxygens (including phenoxy) is 1. The Balaban J connectivity index is 2.16. The summed E-state index contributed by atoms with van der Waals surface area (Å²) in [6, 6.07) is 9.15. The molecule has 0 spiro atoms. The van der Waals surface area contributed by atoms with Gasteiger partial charge in [0.15, 0.2) is 0 Å². The van der Waals surface area contributed by atoms with Gasteiger partial charge < -0.3 is 4.74 Å². The van der Waals surface area contributed by atoms with E-state index in [0.29, 0.717) is 24.3 Å². The quantitative estimate of drug-likeness (QED) is 0.546. The van der Waals surface area contributed by atoms with E-state index in [-0.39, 0.29) is 5.75 Å². The predicted octanol–water partition coefficient (Wildman–Crippen LogP) is 3.07. The van der Waals surface area contributed by atoms with Crippen LogP contribution in [-0.4, -0.2) is 20.8 Å². The maximum Gasteiger partial charge on any atom is 0.232 e. The van der Waals surface area contributed by atoms with E-state index in [1.54, 1.807) is 18.2 Å². The van der Waals surface area contributed by atoms with Crippen LogP contribution in [0.4, 0.5) is 0 Å². The van der Waals surface area contributed by atoms with E-state index in [0.717, 1.165) is 19.3 Å². The molecule has 0 aliphatic carbocycles. The number of nitriles is 1. The van der Waals surface area contributed by atoms with Crippen LogP contribution in [0, 0.1) is 11.3 Å². The van der Waals surface area contributed by atoms with Gasteiger partial charge in [-0.15, -0.1) is 0 Å². The van der Waals surface area contributed by atoms with Crippen LogP contribution in [0.25, 0.3) is 0 Å². The number of para-hydroxylation sites is 1. The van der Waals surface area contributed by atoms with Gasteiger partial charge in [-0.3, -0.25) is 0 Å². The zero-order valence-electron chi connectivity index (χ0n) is 10.5. The van der Waals surface area contributed by atoms with Gasteiger partial charge in [0, 0.05) is 10.7 Å². The summed E-state index contributed by atoms with van der Waals surface area (Å²) in [6.07, 6.45) is 3.07. The third kappa shape index (κ3) is 7.04. The minimum atomic E-state index is -3.36. The van der Waals surface area contributed by atoms with Gasteiger partial charge in [0.1, 0.15) is 11.8 Å². The third-order valence-electron chi connectivity index (χ3n) is 2.55. The van der Waals surface area contributed by atoms with Crippen molar-refractivity contribution in [3.05, 3.63) is 29.8 Å². The molecule has 6 heteroatoms. The van der Waals surface area contributed by atoms with E-state index >= 15 is 0 Å². The number of rotatable bonds is 8. The Morgan fingerprint density at radius 2 is 1.84 bits per heavy atom. The molecule has 1 aromatic rings. The summed E-state index contributed by atoms with van der Waals surface area (Å²) >= 11 is 0. The van der Waals surface area contributed by atoms with Crippen LogP contribution >= 0.6 is 10.7 Å². The molecular weight excluding hydrogens is 286 g/mol. The van der Waals surface area contributed by atoms with Gasteiger partial charge in [0.2, 0.25) is 9.05 Å². The van der Waals surface area contributed by atoms with Crippen LogP contribution in [0.2, 0.25) is 0 Å². The molecule has 1 rings (SSSR count). The van der Waals surface area contributed by atoms with Crippen molar-refractivity contribution in [2.75, 3.05) is 12.4 Å². The van der Waals surface area contributed by atoms with Crippen molar-refractivity contribution < 1.29 is 13.2 Å². The van der Waals surface area contributed by atoms with Crippen molar-refractivity contribution in [3.63, 3.8) is 0 Å². The van der Waals surface area contributed by atoms with Crippen LogP contribution in [0.1, 0.15) is 31.2 Å². The second-order valence-corrected chi connectivity index (χ2v) is 7.01. The highest BCUT2D eigenvalue weighted by molar-refractivity contribution is 8.13. The molecule has 0 saturated heterocycles. The average Bonchev–Trinajstić information content (AvgIpc) is 2.37. The van der Waals surface area contributed by atoms with E-state index in [1.165, 1.54) is 0 Å². The largest absolute Gasteiger partial charge is 0.492 e. The standard InChI is InChI=1S/C13H16ClNO3S/c14-19(16,17)10-6-2-1-5-9-18-13-8-4-3-7-12(13)11-15/h3-4,7-8H,1-2,5-6,9-10H2. The monoisotopic (exact) mass is 301 g/mol. The summed E-state index contributed by atoms with van der Waals surface area (Å²) in [5.41, 5.74) is 0.524. The molecule has 0 aliphatic rings. The molecule has 19 heavy (non-hydrogen) atoms. The summed E-state index contributed by atoms with van der Waals surface area (Å²) in [7, 11) is 1.74. The fourth-order valence-corrected chi connectivity index (χ4v) is 2.47. The fraction of sp³-hybridized carbons (Fsp3) is 0.462. The molecule has 0 heterocycles. The van der Waals surface area contributed by atoms with Gasteiger partial charge in [0.05, 0.1) is 17.9 Å². The van der Waals surface area contributed by atoms with E-state index < -0.39 is 9.05 Å². The molecule has 0 unspecified atom stereocenters. The smallest absolute Gasteiger partial charge is 0.232 e. The lowest BCUT2D eigenvalue weighted by Gasteiger charge is -2.07. The first-order valence-corrected chi connectivity index (χ1v) is 8.55. The first-order valence-electron chi connectivity index (χ1n) is 6.07. The lowest BCUT2D eigenvalue weighted by molar-refractivity contribution is 0.304. The molecule has 0 aromatic heterocycles.